The van der Waals surface area contributed by atoms with Crippen molar-refractivity contribution < 1.29 is 9.59 Å². The quantitative estimate of drug-likeness (QED) is 0.877. The van der Waals surface area contributed by atoms with Crippen molar-refractivity contribution in [2.24, 2.45) is 0 Å². The van der Waals surface area contributed by atoms with Crippen LogP contribution < -0.4 is 5.32 Å². The van der Waals surface area contributed by atoms with E-state index in [1.54, 1.807) is 4.90 Å². The summed E-state index contributed by atoms with van der Waals surface area (Å²) in [6.07, 6.45) is 0.638. The summed E-state index contributed by atoms with van der Waals surface area (Å²) in [5.41, 5.74) is 1.89. The maximum absolute atomic E-state index is 12.8. The van der Waals surface area contributed by atoms with Gasteiger partial charge in [-0.3, -0.25) is 14.5 Å². The van der Waals surface area contributed by atoms with Gasteiger partial charge in [-0.25, -0.2) is 0 Å². The van der Waals surface area contributed by atoms with Crippen LogP contribution in [0.4, 0.5) is 0 Å². The maximum Gasteiger partial charge on any atom is 0.254 e. The number of benzene rings is 1. The first-order chi connectivity index (χ1) is 12.1. The second-order valence-electron chi connectivity index (χ2n) is 6.99. The van der Waals surface area contributed by atoms with Gasteiger partial charge in [0.05, 0.1) is 0 Å². The van der Waals surface area contributed by atoms with Crippen LogP contribution in [0.5, 0.6) is 0 Å². The molecule has 25 heavy (non-hydrogen) atoms. The molecule has 2 saturated heterocycles. The highest BCUT2D eigenvalue weighted by Gasteiger charge is 2.32. The monoisotopic (exact) mass is 344 g/mol. The number of nitrogens with one attached hydrogen (secondary N) is 1. The third-order valence-corrected chi connectivity index (χ3v) is 5.18. The Morgan fingerprint density at radius 2 is 1.80 bits per heavy atom. The van der Waals surface area contributed by atoms with Gasteiger partial charge >= 0.3 is 0 Å². The minimum atomic E-state index is -0.355. The van der Waals surface area contributed by atoms with Crippen molar-refractivity contribution in [3.05, 3.63) is 35.4 Å². The molecule has 0 saturated carbocycles. The summed E-state index contributed by atoms with van der Waals surface area (Å²) in [4.78, 5) is 31.2. The SMILES string of the molecule is CC[C@@H]1C(=O)NCCN1C(=O)c1ccc(CN2CCN(C)CC2)cc1. The average molecular weight is 344 g/mol. The molecule has 1 atom stereocenters. The minimum absolute atomic E-state index is 0.0474. The van der Waals surface area contributed by atoms with Gasteiger partial charge in [0, 0.05) is 51.4 Å². The summed E-state index contributed by atoms with van der Waals surface area (Å²) in [7, 11) is 2.15. The number of piperazine rings is 2. The Labute approximate surface area is 149 Å². The van der Waals surface area contributed by atoms with E-state index in [9.17, 15) is 9.59 Å². The zero-order valence-corrected chi connectivity index (χ0v) is 15.2. The number of carbonyl (C=O) groups excluding carboxylic acids is 2. The van der Waals surface area contributed by atoms with Crippen LogP contribution in [-0.2, 0) is 11.3 Å². The van der Waals surface area contributed by atoms with Gasteiger partial charge in [0.2, 0.25) is 5.91 Å². The molecule has 6 heteroatoms. The van der Waals surface area contributed by atoms with Crippen molar-refractivity contribution in [3.63, 3.8) is 0 Å². The van der Waals surface area contributed by atoms with Crippen LogP contribution >= 0.6 is 0 Å². The summed E-state index contributed by atoms with van der Waals surface area (Å²) in [5, 5.41) is 2.84. The molecular formula is C19H28N4O2. The first kappa shape index (κ1) is 17.9. The van der Waals surface area contributed by atoms with E-state index in [1.165, 1.54) is 5.56 Å². The van der Waals surface area contributed by atoms with E-state index in [0.717, 1.165) is 32.7 Å². The number of rotatable bonds is 4. The lowest BCUT2D eigenvalue weighted by Crippen LogP contribution is -2.56. The zero-order chi connectivity index (χ0) is 17.8. The molecule has 2 heterocycles. The lowest BCUT2D eigenvalue weighted by atomic mass is 10.1. The molecule has 6 nitrogen and oxygen atoms in total. The van der Waals surface area contributed by atoms with Crippen LogP contribution in [0.3, 0.4) is 0 Å². The Morgan fingerprint density at radius 3 is 2.44 bits per heavy atom. The summed E-state index contributed by atoms with van der Waals surface area (Å²) in [5.74, 6) is -0.0957. The molecule has 3 rings (SSSR count). The minimum Gasteiger partial charge on any atom is -0.353 e. The Balaban J connectivity index is 1.63. The number of likely N-dealkylation sites (N-methyl/N-ethyl adjacent to an activating group) is 1. The number of carbonyl (C=O) groups is 2. The molecule has 0 unspecified atom stereocenters. The van der Waals surface area contributed by atoms with Crippen molar-refractivity contribution in [2.75, 3.05) is 46.3 Å². The van der Waals surface area contributed by atoms with Gasteiger partial charge in [-0.15, -0.1) is 0 Å². The van der Waals surface area contributed by atoms with Crippen LogP contribution in [0.15, 0.2) is 24.3 Å². The number of amides is 2. The third kappa shape index (κ3) is 4.19. The molecule has 2 fully saturated rings. The lowest BCUT2D eigenvalue weighted by Gasteiger charge is -2.34. The zero-order valence-electron chi connectivity index (χ0n) is 15.2. The van der Waals surface area contributed by atoms with Gasteiger partial charge in [-0.1, -0.05) is 19.1 Å². The number of hydrogen-bond acceptors (Lipinski definition) is 4. The highest BCUT2D eigenvalue weighted by Crippen LogP contribution is 2.15. The molecular weight excluding hydrogens is 316 g/mol. The van der Waals surface area contributed by atoms with Crippen molar-refractivity contribution in [1.29, 1.82) is 0 Å². The molecule has 1 N–H and O–H groups in total. The standard InChI is InChI=1S/C19H28N4O2/c1-3-17-18(24)20-8-9-23(17)19(25)16-6-4-15(5-7-16)14-22-12-10-21(2)11-13-22/h4-7,17H,3,8-14H2,1-2H3,(H,20,24)/t17-/m1/s1. The summed E-state index contributed by atoms with van der Waals surface area (Å²) < 4.78 is 0. The predicted molar refractivity (Wildman–Crippen MR) is 97.3 cm³/mol. The van der Waals surface area contributed by atoms with Crippen molar-refractivity contribution in [3.8, 4) is 0 Å². The number of nitrogens with zero attached hydrogens (tertiary/aromatic N) is 3. The smallest absolute Gasteiger partial charge is 0.254 e. The predicted octanol–water partition coefficient (Wildman–Crippen LogP) is 0.785. The molecule has 0 aliphatic carbocycles. The first-order valence-corrected chi connectivity index (χ1v) is 9.17. The van der Waals surface area contributed by atoms with E-state index in [-0.39, 0.29) is 17.9 Å². The molecule has 2 aliphatic heterocycles. The maximum atomic E-state index is 12.8. The van der Waals surface area contributed by atoms with Crippen LogP contribution in [0.1, 0.15) is 29.3 Å². The van der Waals surface area contributed by atoms with Crippen molar-refractivity contribution in [1.82, 2.24) is 20.0 Å². The highest BCUT2D eigenvalue weighted by atomic mass is 16.2. The van der Waals surface area contributed by atoms with Crippen LogP contribution in [-0.4, -0.2) is 78.9 Å². The average Bonchev–Trinajstić information content (AvgIpc) is 2.63. The normalized spacial score (nSPS) is 22.7. The molecule has 0 spiro atoms. The van der Waals surface area contributed by atoms with Crippen LogP contribution in [0.25, 0.3) is 0 Å². The Kier molecular flexibility index (Phi) is 5.71. The Morgan fingerprint density at radius 1 is 1.12 bits per heavy atom. The van der Waals surface area contributed by atoms with E-state index in [2.05, 4.69) is 22.2 Å². The second-order valence-corrected chi connectivity index (χ2v) is 6.99. The molecule has 2 amide bonds. The van der Waals surface area contributed by atoms with E-state index >= 15 is 0 Å². The van der Waals surface area contributed by atoms with E-state index in [0.29, 0.717) is 25.1 Å². The fourth-order valence-electron chi connectivity index (χ4n) is 3.55. The lowest BCUT2D eigenvalue weighted by molar-refractivity contribution is -0.127. The second kappa shape index (κ2) is 7.97. The molecule has 136 valence electrons. The fourth-order valence-corrected chi connectivity index (χ4v) is 3.55. The first-order valence-electron chi connectivity index (χ1n) is 9.17. The van der Waals surface area contributed by atoms with Crippen molar-refractivity contribution >= 4 is 11.8 Å². The Bertz CT molecular complexity index is 608. The molecule has 2 aliphatic rings. The van der Waals surface area contributed by atoms with Gasteiger partial charge in [0.25, 0.3) is 5.91 Å². The summed E-state index contributed by atoms with van der Waals surface area (Å²) in [6, 6.07) is 7.51. The van der Waals surface area contributed by atoms with Gasteiger partial charge in [-0.2, -0.15) is 0 Å². The van der Waals surface area contributed by atoms with E-state index in [1.807, 2.05) is 31.2 Å². The molecule has 1 aromatic carbocycles. The summed E-state index contributed by atoms with van der Waals surface area (Å²) in [6.45, 7) is 8.34. The van der Waals surface area contributed by atoms with Gasteiger partial charge < -0.3 is 15.1 Å². The van der Waals surface area contributed by atoms with Crippen LogP contribution in [0, 0.1) is 0 Å². The fraction of sp³-hybridized carbons (Fsp3) is 0.579. The topological polar surface area (TPSA) is 55.9 Å². The molecule has 0 aromatic heterocycles. The molecule has 0 bridgehead atoms. The largest absolute Gasteiger partial charge is 0.353 e. The Hall–Kier alpha value is -1.92. The van der Waals surface area contributed by atoms with E-state index < -0.39 is 0 Å². The third-order valence-electron chi connectivity index (χ3n) is 5.18. The van der Waals surface area contributed by atoms with Crippen LogP contribution in [0.2, 0.25) is 0 Å². The number of hydrogen-bond donors (Lipinski definition) is 1. The highest BCUT2D eigenvalue weighted by molar-refractivity contribution is 5.98. The van der Waals surface area contributed by atoms with Gasteiger partial charge in [0.1, 0.15) is 6.04 Å². The molecule has 0 radical (unpaired) electrons. The van der Waals surface area contributed by atoms with Gasteiger partial charge in [-0.05, 0) is 31.2 Å². The van der Waals surface area contributed by atoms with E-state index in [4.69, 9.17) is 0 Å². The summed E-state index contributed by atoms with van der Waals surface area (Å²) >= 11 is 0. The van der Waals surface area contributed by atoms with Gasteiger partial charge in [0.15, 0.2) is 0 Å². The molecule has 1 aromatic rings. The van der Waals surface area contributed by atoms with Crippen molar-refractivity contribution in [2.45, 2.75) is 25.9 Å².